The molecule has 2 N–H and O–H groups in total. The Hall–Kier alpha value is -3.29. The molecule has 1 aliphatic carbocycles. The maximum absolute atomic E-state index is 14.3. The molecule has 8 heteroatoms. The van der Waals surface area contributed by atoms with Gasteiger partial charge in [-0.3, -0.25) is 9.59 Å². The van der Waals surface area contributed by atoms with Crippen LogP contribution in [0.2, 0.25) is 5.02 Å². The molecule has 3 aromatic carbocycles. The van der Waals surface area contributed by atoms with Crippen LogP contribution in [-0.2, 0) is 27.0 Å². The van der Waals surface area contributed by atoms with E-state index in [1.165, 1.54) is 6.07 Å². The Morgan fingerprint density at radius 3 is 2.33 bits per heavy atom. The molecule has 0 unspecified atom stereocenters. The molecule has 1 heterocycles. The Bertz CT molecular complexity index is 1380. The molecule has 2 aliphatic rings. The molecular weight excluding hydrogens is 532 g/mol. The molecule has 0 radical (unpaired) electrons. The zero-order valence-corrected chi connectivity index (χ0v) is 23.3. The number of carbonyl (C=O) groups excluding carboxylic acids is 2. The summed E-state index contributed by atoms with van der Waals surface area (Å²) in [4.78, 5) is 28.0. The van der Waals surface area contributed by atoms with E-state index < -0.39 is 22.6 Å². The van der Waals surface area contributed by atoms with E-state index >= 15 is 0 Å². The number of hydrogen-bond acceptors (Lipinski definition) is 3. The van der Waals surface area contributed by atoms with Crippen molar-refractivity contribution in [3.63, 3.8) is 0 Å². The number of carbonyl (C=O) groups is 2. The predicted molar refractivity (Wildman–Crippen MR) is 152 cm³/mol. The molecule has 0 bridgehead atoms. The van der Waals surface area contributed by atoms with Gasteiger partial charge in [-0.2, -0.15) is 0 Å². The average molecular weight is 566 g/mol. The van der Waals surface area contributed by atoms with Crippen molar-refractivity contribution in [3.8, 4) is 0 Å². The van der Waals surface area contributed by atoms with E-state index in [4.69, 9.17) is 11.6 Å². The van der Waals surface area contributed by atoms with Gasteiger partial charge in [-0.15, -0.1) is 0 Å². The third kappa shape index (κ3) is 5.77. The highest BCUT2D eigenvalue weighted by Crippen LogP contribution is 2.55. The maximum Gasteiger partial charge on any atom is 0.231 e. The molecule has 0 spiro atoms. The van der Waals surface area contributed by atoms with Crippen molar-refractivity contribution in [3.05, 3.63) is 106 Å². The number of nitrogens with one attached hydrogen (secondary N) is 2. The highest BCUT2D eigenvalue weighted by molar-refractivity contribution is 6.31. The summed E-state index contributed by atoms with van der Waals surface area (Å²) in [5, 5.41) is 6.88. The third-order valence-corrected chi connectivity index (χ3v) is 8.88. The minimum absolute atomic E-state index is 0.0392. The van der Waals surface area contributed by atoms with Gasteiger partial charge >= 0.3 is 0 Å². The van der Waals surface area contributed by atoms with E-state index in [-0.39, 0.29) is 17.7 Å². The van der Waals surface area contributed by atoms with Crippen LogP contribution in [0.25, 0.3) is 0 Å². The van der Waals surface area contributed by atoms with Crippen molar-refractivity contribution in [1.29, 1.82) is 0 Å². The first-order valence-electron chi connectivity index (χ1n) is 13.8. The molecule has 1 aliphatic heterocycles. The first-order valence-corrected chi connectivity index (χ1v) is 14.2. The Morgan fingerprint density at radius 1 is 0.950 bits per heavy atom. The summed E-state index contributed by atoms with van der Waals surface area (Å²) in [6, 6.07) is 21.3. The minimum Gasteiger partial charge on any atom is -0.355 e. The average Bonchev–Trinajstić information content (AvgIpc) is 3.67. The summed E-state index contributed by atoms with van der Waals surface area (Å²) in [7, 11) is 0. The summed E-state index contributed by atoms with van der Waals surface area (Å²) in [6.07, 6.45) is 2.61. The molecule has 40 heavy (non-hydrogen) atoms. The molecule has 1 saturated heterocycles. The second-order valence-electron chi connectivity index (χ2n) is 11.0. The molecule has 3 aromatic rings. The van der Waals surface area contributed by atoms with E-state index in [1.807, 2.05) is 54.6 Å². The highest BCUT2D eigenvalue weighted by atomic mass is 35.5. The topological polar surface area (TPSA) is 61.4 Å². The first kappa shape index (κ1) is 28.2. The van der Waals surface area contributed by atoms with E-state index in [0.717, 1.165) is 49.2 Å². The Morgan fingerprint density at radius 2 is 1.65 bits per heavy atom. The molecule has 5 rings (SSSR count). The maximum atomic E-state index is 14.3. The Labute approximate surface area is 238 Å². The normalized spacial score (nSPS) is 21.9. The van der Waals surface area contributed by atoms with Crippen LogP contribution >= 0.6 is 11.6 Å². The van der Waals surface area contributed by atoms with Crippen LogP contribution < -0.4 is 10.6 Å². The van der Waals surface area contributed by atoms with Gasteiger partial charge in [-0.05, 0) is 66.5 Å². The quantitative estimate of drug-likeness (QED) is 0.367. The molecule has 1 saturated carbocycles. The van der Waals surface area contributed by atoms with Crippen LogP contribution in [0.4, 0.5) is 8.78 Å². The number of hydrogen-bond donors (Lipinski definition) is 2. The van der Waals surface area contributed by atoms with E-state index in [0.29, 0.717) is 36.5 Å². The van der Waals surface area contributed by atoms with E-state index in [1.54, 1.807) is 6.92 Å². The summed E-state index contributed by atoms with van der Waals surface area (Å²) >= 11 is 6.27. The lowest BCUT2D eigenvalue weighted by Crippen LogP contribution is -2.53. The van der Waals surface area contributed by atoms with Gasteiger partial charge in [0.15, 0.2) is 11.6 Å². The van der Waals surface area contributed by atoms with Crippen LogP contribution in [-0.4, -0.2) is 42.9 Å². The Balaban J connectivity index is 1.29. The van der Waals surface area contributed by atoms with Crippen molar-refractivity contribution in [2.75, 3.05) is 26.2 Å². The third-order valence-electron chi connectivity index (χ3n) is 8.51. The second kappa shape index (κ2) is 11.7. The Kier molecular flexibility index (Phi) is 8.24. The lowest BCUT2D eigenvalue weighted by atomic mass is 9.80. The summed E-state index contributed by atoms with van der Waals surface area (Å²) in [6.45, 7) is 4.08. The summed E-state index contributed by atoms with van der Waals surface area (Å²) in [5.41, 5.74) is 1.18. The lowest BCUT2D eigenvalue weighted by molar-refractivity contribution is -0.124. The van der Waals surface area contributed by atoms with Crippen LogP contribution in [0, 0.1) is 17.6 Å². The zero-order valence-electron chi connectivity index (χ0n) is 22.6. The summed E-state index contributed by atoms with van der Waals surface area (Å²) < 4.78 is 28.1. The fraction of sp³-hybridized carbons (Fsp3) is 0.375. The number of likely N-dealkylation sites (tertiary alicyclic amines) is 1. The van der Waals surface area contributed by atoms with Gasteiger partial charge in [0.1, 0.15) is 0 Å². The molecule has 0 aromatic heterocycles. The van der Waals surface area contributed by atoms with Gasteiger partial charge in [0, 0.05) is 38.1 Å². The van der Waals surface area contributed by atoms with E-state index in [2.05, 4.69) is 15.5 Å². The van der Waals surface area contributed by atoms with Crippen molar-refractivity contribution < 1.29 is 18.4 Å². The number of benzene rings is 3. The second-order valence-corrected chi connectivity index (χ2v) is 11.4. The molecule has 210 valence electrons. The van der Waals surface area contributed by atoms with Gasteiger partial charge in [0.25, 0.3) is 0 Å². The number of amides is 2. The molecule has 2 fully saturated rings. The fourth-order valence-corrected chi connectivity index (χ4v) is 6.50. The first-order chi connectivity index (χ1) is 19.2. The van der Waals surface area contributed by atoms with Gasteiger partial charge in [-0.25, -0.2) is 8.78 Å². The fourth-order valence-electron chi connectivity index (χ4n) is 6.27. The van der Waals surface area contributed by atoms with Gasteiger partial charge in [-0.1, -0.05) is 66.2 Å². The van der Waals surface area contributed by atoms with Gasteiger partial charge in [0.2, 0.25) is 11.8 Å². The highest BCUT2D eigenvalue weighted by Gasteiger charge is 2.61. The standard InChI is InChI=1S/C32H34ClF2N3O2/c1-22(39)37-31(24-8-3-2-4-9-24)14-17-38(18-15-31)21-26-20-32(26,25-11-12-28(34)29(35)19-25)30(40)36-16-13-23-7-5-6-10-27(23)33/h2-12,19,26H,13-18,20-21H2,1H3,(H,36,40)(H,37,39)/t26-,32+/m0/s1. The monoisotopic (exact) mass is 565 g/mol. The van der Waals surface area contributed by atoms with Crippen LogP contribution in [0.15, 0.2) is 72.8 Å². The van der Waals surface area contributed by atoms with Crippen molar-refractivity contribution >= 4 is 23.4 Å². The minimum atomic E-state index is -0.952. The van der Waals surface area contributed by atoms with Crippen molar-refractivity contribution in [1.82, 2.24) is 15.5 Å². The lowest BCUT2D eigenvalue weighted by Gasteiger charge is -2.43. The predicted octanol–water partition coefficient (Wildman–Crippen LogP) is 5.36. The zero-order chi connectivity index (χ0) is 28.3. The smallest absolute Gasteiger partial charge is 0.231 e. The number of rotatable bonds is 9. The summed E-state index contributed by atoms with van der Waals surface area (Å²) in [5.74, 6) is -2.16. The molecular formula is C32H34ClF2N3O2. The number of piperidine rings is 1. The van der Waals surface area contributed by atoms with Gasteiger partial charge in [0.05, 0.1) is 11.0 Å². The molecule has 2 atom stereocenters. The van der Waals surface area contributed by atoms with Crippen LogP contribution in [0.5, 0.6) is 0 Å². The van der Waals surface area contributed by atoms with Crippen molar-refractivity contribution in [2.24, 2.45) is 5.92 Å². The largest absolute Gasteiger partial charge is 0.355 e. The van der Waals surface area contributed by atoms with Crippen LogP contribution in [0.1, 0.15) is 42.9 Å². The van der Waals surface area contributed by atoms with Crippen molar-refractivity contribution in [2.45, 2.75) is 43.6 Å². The SMILES string of the molecule is CC(=O)NC1(c2ccccc2)CCN(C[C@@H]2C[C@@]2(C(=O)NCCc2ccccc2Cl)c2ccc(F)c(F)c2)CC1. The van der Waals surface area contributed by atoms with E-state index in [9.17, 15) is 18.4 Å². The number of nitrogens with zero attached hydrogens (tertiary/aromatic N) is 1. The van der Waals surface area contributed by atoms with Gasteiger partial charge < -0.3 is 15.5 Å². The molecule has 5 nitrogen and oxygen atoms in total. The molecule has 2 amide bonds. The van der Waals surface area contributed by atoms with Crippen LogP contribution in [0.3, 0.4) is 0 Å². The number of halogens is 3.